The van der Waals surface area contributed by atoms with E-state index in [4.69, 9.17) is 9.63 Å². The minimum Gasteiger partial charge on any atom is -0.478 e. The van der Waals surface area contributed by atoms with Crippen molar-refractivity contribution in [2.24, 2.45) is 0 Å². The van der Waals surface area contributed by atoms with Gasteiger partial charge in [-0.3, -0.25) is 4.79 Å². The Bertz CT molecular complexity index is 663. The van der Waals surface area contributed by atoms with E-state index >= 15 is 0 Å². The number of hydrogen-bond acceptors (Lipinski definition) is 4. The van der Waals surface area contributed by atoms with Gasteiger partial charge >= 0.3 is 5.97 Å². The van der Waals surface area contributed by atoms with Crippen LogP contribution in [0.4, 0.5) is 0 Å². The van der Waals surface area contributed by atoms with Gasteiger partial charge in [0.25, 0.3) is 5.91 Å². The van der Waals surface area contributed by atoms with Crippen molar-refractivity contribution in [1.82, 2.24) is 10.1 Å². The van der Waals surface area contributed by atoms with Crippen LogP contribution in [0.2, 0.25) is 0 Å². The molecule has 0 aliphatic rings. The van der Waals surface area contributed by atoms with Crippen LogP contribution in [0.25, 0.3) is 0 Å². The monoisotopic (exact) mass is 288 g/mol. The molecule has 2 rings (SSSR count). The number of amides is 1. The van der Waals surface area contributed by atoms with Crippen molar-refractivity contribution in [3.8, 4) is 0 Å². The van der Waals surface area contributed by atoms with Gasteiger partial charge in [0.15, 0.2) is 5.69 Å². The summed E-state index contributed by atoms with van der Waals surface area (Å²) < 4.78 is 4.87. The first-order valence-electron chi connectivity index (χ1n) is 6.49. The second kappa shape index (κ2) is 6.21. The molecule has 0 atom stereocenters. The first-order chi connectivity index (χ1) is 9.99. The summed E-state index contributed by atoms with van der Waals surface area (Å²) in [6.07, 6.45) is 0.460. The van der Waals surface area contributed by atoms with Crippen LogP contribution in [0.5, 0.6) is 0 Å². The van der Waals surface area contributed by atoms with Crippen LogP contribution >= 0.6 is 0 Å². The Hall–Kier alpha value is -2.63. The van der Waals surface area contributed by atoms with Crippen molar-refractivity contribution in [1.29, 1.82) is 0 Å². The molecule has 0 unspecified atom stereocenters. The highest BCUT2D eigenvalue weighted by molar-refractivity contribution is 5.92. The molecule has 0 aliphatic carbocycles. The molecule has 0 bridgehead atoms. The van der Waals surface area contributed by atoms with Gasteiger partial charge in [-0.25, -0.2) is 4.79 Å². The van der Waals surface area contributed by atoms with Gasteiger partial charge < -0.3 is 14.5 Å². The molecule has 1 N–H and O–H groups in total. The van der Waals surface area contributed by atoms with Gasteiger partial charge in [-0.05, 0) is 25.0 Å². The summed E-state index contributed by atoms with van der Waals surface area (Å²) in [5.41, 5.74) is 1.21. The van der Waals surface area contributed by atoms with Gasteiger partial charge in [0.05, 0.1) is 5.56 Å². The predicted molar refractivity (Wildman–Crippen MR) is 75.3 cm³/mol. The SMILES string of the molecule is Cc1cc(C(=O)N(C)CCc2ccccc2C(=O)O)no1. The largest absolute Gasteiger partial charge is 0.478 e. The van der Waals surface area contributed by atoms with E-state index in [0.717, 1.165) is 0 Å². The number of carbonyl (C=O) groups excluding carboxylic acids is 1. The maximum Gasteiger partial charge on any atom is 0.335 e. The van der Waals surface area contributed by atoms with Crippen LogP contribution in [-0.4, -0.2) is 40.6 Å². The van der Waals surface area contributed by atoms with Gasteiger partial charge in [0.2, 0.25) is 0 Å². The summed E-state index contributed by atoms with van der Waals surface area (Å²) in [6.45, 7) is 2.11. The summed E-state index contributed by atoms with van der Waals surface area (Å²) in [5.74, 6) is -0.644. The van der Waals surface area contributed by atoms with Crippen LogP contribution in [0, 0.1) is 6.92 Å². The van der Waals surface area contributed by atoms with Gasteiger partial charge in [0, 0.05) is 19.7 Å². The lowest BCUT2D eigenvalue weighted by Gasteiger charge is -2.16. The van der Waals surface area contributed by atoms with Crippen LogP contribution in [0.1, 0.15) is 32.2 Å². The van der Waals surface area contributed by atoms with E-state index in [0.29, 0.717) is 24.3 Å². The van der Waals surface area contributed by atoms with Crippen molar-refractivity contribution in [2.75, 3.05) is 13.6 Å². The van der Waals surface area contributed by atoms with E-state index < -0.39 is 5.97 Å². The molecule has 1 heterocycles. The number of carboxylic acids is 1. The van der Waals surface area contributed by atoms with E-state index in [-0.39, 0.29) is 17.2 Å². The summed E-state index contributed by atoms with van der Waals surface area (Å²) in [4.78, 5) is 24.7. The molecule has 6 nitrogen and oxygen atoms in total. The number of hydrogen-bond donors (Lipinski definition) is 1. The van der Waals surface area contributed by atoms with Gasteiger partial charge in [-0.1, -0.05) is 23.4 Å². The molecule has 1 amide bonds. The summed E-state index contributed by atoms with van der Waals surface area (Å²) >= 11 is 0. The molecule has 2 aromatic rings. The van der Waals surface area contributed by atoms with Crippen molar-refractivity contribution >= 4 is 11.9 Å². The molecule has 0 radical (unpaired) electrons. The van der Waals surface area contributed by atoms with E-state index in [1.807, 2.05) is 0 Å². The van der Waals surface area contributed by atoms with E-state index in [1.54, 1.807) is 44.3 Å². The highest BCUT2D eigenvalue weighted by atomic mass is 16.5. The third-order valence-corrected chi connectivity index (χ3v) is 3.16. The average Bonchev–Trinajstić information content (AvgIpc) is 2.90. The normalized spacial score (nSPS) is 10.4. The van der Waals surface area contributed by atoms with E-state index in [2.05, 4.69) is 5.16 Å². The number of aromatic carboxylic acids is 1. The second-order valence-corrected chi connectivity index (χ2v) is 4.76. The highest BCUT2D eigenvalue weighted by Crippen LogP contribution is 2.11. The fraction of sp³-hybridized carbons (Fsp3) is 0.267. The molecule has 0 fully saturated rings. The molecule has 0 saturated heterocycles. The molecular weight excluding hydrogens is 272 g/mol. The van der Waals surface area contributed by atoms with Crippen LogP contribution in [-0.2, 0) is 6.42 Å². The summed E-state index contributed by atoms with van der Waals surface area (Å²) in [7, 11) is 1.65. The smallest absolute Gasteiger partial charge is 0.335 e. The van der Waals surface area contributed by atoms with Gasteiger partial charge in [-0.2, -0.15) is 0 Å². The fourth-order valence-corrected chi connectivity index (χ4v) is 2.00. The fourth-order valence-electron chi connectivity index (χ4n) is 2.00. The Morgan fingerprint density at radius 1 is 1.33 bits per heavy atom. The summed E-state index contributed by atoms with van der Waals surface area (Å²) in [6, 6.07) is 8.34. The van der Waals surface area contributed by atoms with Crippen molar-refractivity contribution in [2.45, 2.75) is 13.3 Å². The first-order valence-corrected chi connectivity index (χ1v) is 6.49. The zero-order valence-corrected chi connectivity index (χ0v) is 11.9. The number of rotatable bonds is 5. The van der Waals surface area contributed by atoms with E-state index in [9.17, 15) is 9.59 Å². The van der Waals surface area contributed by atoms with E-state index in [1.165, 1.54) is 4.90 Å². The minimum absolute atomic E-state index is 0.250. The number of benzene rings is 1. The van der Waals surface area contributed by atoms with Crippen molar-refractivity contribution < 1.29 is 19.2 Å². The number of nitrogens with zero attached hydrogens (tertiary/aromatic N) is 2. The maximum absolute atomic E-state index is 12.1. The van der Waals surface area contributed by atoms with Crippen LogP contribution in [0.3, 0.4) is 0 Å². The average molecular weight is 288 g/mol. The molecule has 0 spiro atoms. The lowest BCUT2D eigenvalue weighted by atomic mass is 10.0. The van der Waals surface area contributed by atoms with Crippen molar-refractivity contribution in [3.05, 3.63) is 52.9 Å². The zero-order valence-electron chi connectivity index (χ0n) is 11.9. The molecule has 21 heavy (non-hydrogen) atoms. The third kappa shape index (κ3) is 3.47. The zero-order chi connectivity index (χ0) is 15.4. The second-order valence-electron chi connectivity index (χ2n) is 4.76. The Kier molecular flexibility index (Phi) is 4.37. The Labute approximate surface area is 122 Å². The molecule has 1 aromatic heterocycles. The lowest BCUT2D eigenvalue weighted by molar-refractivity contribution is 0.0695. The van der Waals surface area contributed by atoms with Crippen molar-refractivity contribution in [3.63, 3.8) is 0 Å². The Balaban J connectivity index is 2.03. The van der Waals surface area contributed by atoms with Crippen LogP contribution in [0.15, 0.2) is 34.9 Å². The molecule has 6 heteroatoms. The molecule has 110 valence electrons. The standard InChI is InChI=1S/C15H16N2O4/c1-10-9-13(16-21-10)14(18)17(2)8-7-11-5-3-4-6-12(11)15(19)20/h3-6,9H,7-8H2,1-2H3,(H,19,20). The first kappa shape index (κ1) is 14.8. The lowest BCUT2D eigenvalue weighted by Crippen LogP contribution is -2.29. The highest BCUT2D eigenvalue weighted by Gasteiger charge is 2.17. The third-order valence-electron chi connectivity index (χ3n) is 3.16. The number of aromatic nitrogens is 1. The Morgan fingerprint density at radius 2 is 2.05 bits per heavy atom. The molecule has 0 saturated carbocycles. The van der Waals surface area contributed by atoms with Gasteiger partial charge in [0.1, 0.15) is 5.76 Å². The number of likely N-dealkylation sites (N-methyl/N-ethyl adjacent to an activating group) is 1. The molecule has 0 aliphatic heterocycles. The minimum atomic E-state index is -0.966. The number of aryl methyl sites for hydroxylation is 1. The number of carbonyl (C=O) groups is 2. The summed E-state index contributed by atoms with van der Waals surface area (Å²) in [5, 5.41) is 12.8. The Morgan fingerprint density at radius 3 is 2.67 bits per heavy atom. The molecular formula is C15H16N2O4. The predicted octanol–water partition coefficient (Wildman–Crippen LogP) is 2.00. The van der Waals surface area contributed by atoms with Crippen LogP contribution < -0.4 is 0 Å². The molecule has 1 aromatic carbocycles. The topological polar surface area (TPSA) is 83.6 Å². The number of carboxylic acid groups (broad SMARTS) is 1. The maximum atomic E-state index is 12.1. The quantitative estimate of drug-likeness (QED) is 0.909. The van der Waals surface area contributed by atoms with Gasteiger partial charge in [-0.15, -0.1) is 0 Å².